The highest BCUT2D eigenvalue weighted by Crippen LogP contribution is 2.57. The van der Waals surface area contributed by atoms with Gasteiger partial charge in [0, 0.05) is 40.3 Å². The van der Waals surface area contributed by atoms with Crippen molar-refractivity contribution in [2.24, 2.45) is 0 Å². The first-order valence-corrected chi connectivity index (χ1v) is 9.03. The summed E-state index contributed by atoms with van der Waals surface area (Å²) in [6.07, 6.45) is 2.32. The van der Waals surface area contributed by atoms with Gasteiger partial charge in [-0.05, 0) is 30.7 Å². The van der Waals surface area contributed by atoms with Crippen molar-refractivity contribution >= 4 is 29.2 Å². The van der Waals surface area contributed by atoms with Crippen LogP contribution in [0, 0.1) is 0 Å². The summed E-state index contributed by atoms with van der Waals surface area (Å²) in [6.45, 7) is 0. The molecule has 0 saturated heterocycles. The molecule has 2 aromatic carbocycles. The summed E-state index contributed by atoms with van der Waals surface area (Å²) in [6, 6.07) is 7.87. The number of aliphatic hydroxyl groups is 1. The van der Waals surface area contributed by atoms with Crippen molar-refractivity contribution in [3.05, 3.63) is 80.2 Å². The van der Waals surface area contributed by atoms with Crippen LogP contribution in [0.1, 0.15) is 34.3 Å². The molecule has 2 N–H and O–H groups in total. The highest BCUT2D eigenvalue weighted by molar-refractivity contribution is 6.32. The molecule has 0 aromatic heterocycles. The molecule has 0 fully saturated rings. The van der Waals surface area contributed by atoms with E-state index >= 15 is 0 Å². The van der Waals surface area contributed by atoms with Gasteiger partial charge in [-0.1, -0.05) is 23.2 Å². The summed E-state index contributed by atoms with van der Waals surface area (Å²) in [5.41, 5.74) is 0.933. The number of esters is 1. The molecule has 136 valence electrons. The number of hydrogen-bond acceptors (Lipinski definition) is 5. The number of hydrogen-bond donors (Lipinski definition) is 2. The van der Waals surface area contributed by atoms with Crippen molar-refractivity contribution in [2.75, 3.05) is 0 Å². The number of allylic oxidation sites excluding steroid dienone is 2. The number of fused-ring (bicyclic) bond motifs is 5. The number of aliphatic hydroxyl groups excluding tert-OH is 1. The number of rotatable bonds is 0. The van der Waals surface area contributed by atoms with Crippen molar-refractivity contribution in [2.45, 2.75) is 18.4 Å². The molecule has 1 spiro atoms. The zero-order valence-corrected chi connectivity index (χ0v) is 15.3. The number of phenols is 1. The molecule has 2 aromatic rings. The van der Waals surface area contributed by atoms with Gasteiger partial charge in [-0.25, -0.2) is 4.79 Å². The lowest BCUT2D eigenvalue weighted by Crippen LogP contribution is -2.36. The van der Waals surface area contributed by atoms with Crippen molar-refractivity contribution < 1.29 is 24.5 Å². The third-order valence-electron chi connectivity index (χ3n) is 5.13. The van der Waals surface area contributed by atoms with Crippen LogP contribution in [-0.4, -0.2) is 16.2 Å². The van der Waals surface area contributed by atoms with Crippen LogP contribution in [0.4, 0.5) is 0 Å². The Morgan fingerprint density at radius 1 is 1.04 bits per heavy atom. The van der Waals surface area contributed by atoms with E-state index in [1.54, 1.807) is 18.2 Å². The number of carbonyl (C=O) groups is 1. The maximum Gasteiger partial charge on any atom is 0.340 e. The summed E-state index contributed by atoms with van der Waals surface area (Å²) >= 11 is 12.4. The van der Waals surface area contributed by atoms with Gasteiger partial charge in [-0.15, -0.1) is 0 Å². The quantitative estimate of drug-likeness (QED) is 0.606. The molecule has 2 heterocycles. The molecule has 0 radical (unpaired) electrons. The van der Waals surface area contributed by atoms with E-state index in [4.69, 9.17) is 32.7 Å². The number of phenolic OH excluding ortho intramolecular Hbond substituents is 1. The van der Waals surface area contributed by atoms with Gasteiger partial charge in [0.05, 0.1) is 16.3 Å². The maximum atomic E-state index is 12.7. The topological polar surface area (TPSA) is 76.0 Å². The lowest BCUT2D eigenvalue weighted by Gasteiger charge is -2.39. The van der Waals surface area contributed by atoms with Gasteiger partial charge < -0.3 is 19.7 Å². The Hall–Kier alpha value is -2.63. The van der Waals surface area contributed by atoms with Crippen molar-refractivity contribution in [3.8, 4) is 11.5 Å². The predicted octanol–water partition coefficient (Wildman–Crippen LogP) is 5.00. The Balaban J connectivity index is 1.90. The molecule has 1 unspecified atom stereocenters. The average molecular weight is 403 g/mol. The van der Waals surface area contributed by atoms with E-state index in [-0.39, 0.29) is 16.5 Å². The number of halogens is 2. The highest BCUT2D eigenvalue weighted by atomic mass is 35.5. The van der Waals surface area contributed by atoms with Crippen LogP contribution in [0.2, 0.25) is 10.0 Å². The molecule has 0 saturated carbocycles. The summed E-state index contributed by atoms with van der Waals surface area (Å²) in [7, 11) is 0. The lowest BCUT2D eigenvalue weighted by atomic mass is 9.74. The van der Waals surface area contributed by atoms with Gasteiger partial charge in [-0.3, -0.25) is 0 Å². The number of aromatic hydroxyl groups is 1. The standard InChI is InChI=1S/C20H12Cl2O5/c21-9-1-3-11-13(5-9)20(27-19(11)25)12-4-2-10(23)6-17(12)26-18-8-16(24)15(22)7-14(18)20/h1,3,5-8,23-24H,2,4H2. The van der Waals surface area contributed by atoms with Gasteiger partial charge in [-0.2, -0.15) is 0 Å². The Bertz CT molecular complexity index is 1100. The SMILES string of the molecule is O=C1OC2(C3=C(C=C(O)CC3)Oc3cc(O)c(Cl)cc32)c2cc(Cl)ccc21. The Kier molecular flexibility index (Phi) is 3.33. The van der Waals surface area contributed by atoms with Crippen LogP contribution >= 0.6 is 23.2 Å². The van der Waals surface area contributed by atoms with Crippen LogP contribution in [0.15, 0.2) is 53.5 Å². The minimum atomic E-state index is -1.27. The fourth-order valence-corrected chi connectivity index (χ4v) is 4.31. The van der Waals surface area contributed by atoms with Crippen molar-refractivity contribution in [1.29, 1.82) is 0 Å². The second-order valence-corrected chi connectivity index (χ2v) is 7.48. The Morgan fingerprint density at radius 3 is 2.67 bits per heavy atom. The molecule has 27 heavy (non-hydrogen) atoms. The fourth-order valence-electron chi connectivity index (χ4n) is 3.97. The molecule has 5 rings (SSSR count). The van der Waals surface area contributed by atoms with Gasteiger partial charge in [0.15, 0.2) is 5.60 Å². The normalized spacial score (nSPS) is 22.6. The van der Waals surface area contributed by atoms with E-state index in [1.807, 2.05) is 0 Å². The molecule has 2 aliphatic heterocycles. The van der Waals surface area contributed by atoms with Gasteiger partial charge in [0.1, 0.15) is 17.3 Å². The van der Waals surface area contributed by atoms with E-state index in [0.717, 1.165) is 0 Å². The lowest BCUT2D eigenvalue weighted by molar-refractivity contribution is 0.0188. The summed E-state index contributed by atoms with van der Waals surface area (Å²) in [5.74, 6) is 0.204. The Morgan fingerprint density at radius 2 is 1.85 bits per heavy atom. The predicted molar refractivity (Wildman–Crippen MR) is 98.4 cm³/mol. The largest absolute Gasteiger partial charge is 0.512 e. The second kappa shape index (κ2) is 5.44. The first-order valence-electron chi connectivity index (χ1n) is 8.27. The third-order valence-corrected chi connectivity index (χ3v) is 5.66. The van der Waals surface area contributed by atoms with Crippen molar-refractivity contribution in [3.63, 3.8) is 0 Å². The zero-order valence-electron chi connectivity index (χ0n) is 13.8. The van der Waals surface area contributed by atoms with Gasteiger partial charge in [0.2, 0.25) is 0 Å². The molecular formula is C20H12Cl2O5. The molecular weight excluding hydrogens is 391 g/mol. The number of carbonyl (C=O) groups excluding carboxylic acids is 1. The van der Waals surface area contributed by atoms with Crippen LogP contribution in [0.5, 0.6) is 11.5 Å². The van der Waals surface area contributed by atoms with E-state index in [0.29, 0.717) is 51.6 Å². The summed E-state index contributed by atoms with van der Waals surface area (Å²) < 4.78 is 11.9. The maximum absolute atomic E-state index is 12.7. The Labute approximate surface area is 164 Å². The van der Waals surface area contributed by atoms with Crippen LogP contribution in [0.3, 0.4) is 0 Å². The first kappa shape index (κ1) is 16.5. The van der Waals surface area contributed by atoms with E-state index in [1.165, 1.54) is 18.2 Å². The van der Waals surface area contributed by atoms with Gasteiger partial charge >= 0.3 is 5.97 Å². The highest BCUT2D eigenvalue weighted by Gasteiger charge is 2.55. The molecule has 0 bridgehead atoms. The molecule has 5 nitrogen and oxygen atoms in total. The van der Waals surface area contributed by atoms with Crippen LogP contribution in [-0.2, 0) is 10.3 Å². The van der Waals surface area contributed by atoms with E-state index in [2.05, 4.69) is 0 Å². The molecule has 1 atom stereocenters. The van der Waals surface area contributed by atoms with Crippen LogP contribution in [0.25, 0.3) is 0 Å². The average Bonchev–Trinajstić information content (AvgIpc) is 2.90. The zero-order chi connectivity index (χ0) is 18.9. The fraction of sp³-hybridized carbons (Fsp3) is 0.150. The number of benzene rings is 2. The minimum Gasteiger partial charge on any atom is -0.512 e. The summed E-state index contributed by atoms with van der Waals surface area (Å²) in [5, 5.41) is 20.6. The minimum absolute atomic E-state index is 0.113. The molecule has 1 aliphatic carbocycles. The molecule has 3 aliphatic rings. The van der Waals surface area contributed by atoms with Crippen LogP contribution < -0.4 is 4.74 Å². The third kappa shape index (κ3) is 2.16. The second-order valence-electron chi connectivity index (χ2n) is 6.64. The monoisotopic (exact) mass is 402 g/mol. The summed E-state index contributed by atoms with van der Waals surface area (Å²) in [4.78, 5) is 12.7. The smallest absolute Gasteiger partial charge is 0.340 e. The van der Waals surface area contributed by atoms with Crippen molar-refractivity contribution in [1.82, 2.24) is 0 Å². The van der Waals surface area contributed by atoms with E-state index in [9.17, 15) is 15.0 Å². The van der Waals surface area contributed by atoms with Gasteiger partial charge in [0.25, 0.3) is 0 Å². The first-order chi connectivity index (χ1) is 12.9. The van der Waals surface area contributed by atoms with E-state index < -0.39 is 11.6 Å². The molecule has 7 heteroatoms. The number of ether oxygens (including phenoxy) is 2. The molecule has 0 amide bonds.